The molecule has 2 aromatic carbocycles. The first kappa shape index (κ1) is 18.5. The molecule has 2 N–H and O–H groups in total. The van der Waals surface area contributed by atoms with Gasteiger partial charge in [-0.05, 0) is 29.7 Å². The van der Waals surface area contributed by atoms with Crippen molar-refractivity contribution >= 4 is 11.9 Å². The average Bonchev–Trinajstić information content (AvgIpc) is 2.67. The van der Waals surface area contributed by atoms with Gasteiger partial charge in [0.15, 0.2) is 5.96 Å². The Bertz CT molecular complexity index is 699. The van der Waals surface area contributed by atoms with Crippen LogP contribution in [0.25, 0.3) is 0 Å². The monoisotopic (exact) mass is 339 g/mol. The number of hydrogen-bond donors (Lipinski definition) is 2. The summed E-state index contributed by atoms with van der Waals surface area (Å²) in [6.45, 7) is 3.83. The lowest BCUT2D eigenvalue weighted by Gasteiger charge is -2.12. The van der Waals surface area contributed by atoms with E-state index in [1.807, 2.05) is 48.5 Å². The van der Waals surface area contributed by atoms with E-state index in [-0.39, 0.29) is 12.6 Å². The lowest BCUT2D eigenvalue weighted by atomic mass is 10.1. The second-order valence-electron chi connectivity index (χ2n) is 5.61. The first-order chi connectivity index (χ1) is 12.2. The predicted octanol–water partition coefficient (Wildman–Crippen LogP) is 3.12. The van der Waals surface area contributed by atoms with Crippen molar-refractivity contribution in [3.63, 3.8) is 0 Å². The summed E-state index contributed by atoms with van der Waals surface area (Å²) >= 11 is 0. The smallest absolute Gasteiger partial charge is 0.338 e. The molecule has 0 aliphatic carbocycles. The fraction of sp³-hybridized carbons (Fsp3) is 0.300. The first-order valence-corrected chi connectivity index (χ1v) is 8.47. The molecule has 0 saturated carbocycles. The van der Waals surface area contributed by atoms with Crippen LogP contribution < -0.4 is 10.6 Å². The van der Waals surface area contributed by atoms with Gasteiger partial charge < -0.3 is 15.4 Å². The number of guanidine groups is 1. The van der Waals surface area contributed by atoms with Crippen molar-refractivity contribution in [1.82, 2.24) is 10.6 Å². The van der Waals surface area contributed by atoms with E-state index in [2.05, 4.69) is 22.5 Å². The normalized spacial score (nSPS) is 11.0. The van der Waals surface area contributed by atoms with Crippen LogP contribution in [0.1, 0.15) is 34.8 Å². The van der Waals surface area contributed by atoms with Crippen LogP contribution in [-0.4, -0.2) is 25.5 Å². The van der Waals surface area contributed by atoms with E-state index >= 15 is 0 Å². The zero-order chi connectivity index (χ0) is 17.9. The molecule has 0 atom stereocenters. The number of aliphatic imine (C=N–C) groups is 1. The molecule has 0 heterocycles. The summed E-state index contributed by atoms with van der Waals surface area (Å²) in [5.74, 6) is 0.429. The highest BCUT2D eigenvalue weighted by molar-refractivity contribution is 5.89. The molecule has 132 valence electrons. The van der Waals surface area contributed by atoms with Crippen molar-refractivity contribution in [3.8, 4) is 0 Å². The molecule has 25 heavy (non-hydrogen) atoms. The van der Waals surface area contributed by atoms with Crippen LogP contribution in [0.2, 0.25) is 0 Å². The van der Waals surface area contributed by atoms with Crippen molar-refractivity contribution in [2.45, 2.75) is 26.5 Å². The van der Waals surface area contributed by atoms with Gasteiger partial charge in [0.25, 0.3) is 0 Å². The van der Waals surface area contributed by atoms with E-state index in [9.17, 15) is 4.79 Å². The number of ether oxygens (including phenoxy) is 1. The number of nitrogens with zero attached hydrogens (tertiary/aromatic N) is 1. The van der Waals surface area contributed by atoms with Gasteiger partial charge in [-0.15, -0.1) is 0 Å². The second kappa shape index (κ2) is 10.1. The van der Waals surface area contributed by atoms with Crippen LogP contribution in [0.5, 0.6) is 0 Å². The number of carbonyl (C=O) groups is 1. The molecule has 0 aromatic heterocycles. The maximum Gasteiger partial charge on any atom is 0.338 e. The van der Waals surface area contributed by atoms with Crippen molar-refractivity contribution in [1.29, 1.82) is 0 Å². The van der Waals surface area contributed by atoms with E-state index in [1.54, 1.807) is 13.1 Å². The minimum absolute atomic E-state index is 0.274. The van der Waals surface area contributed by atoms with Crippen molar-refractivity contribution in [3.05, 3.63) is 71.3 Å². The van der Waals surface area contributed by atoms with Crippen molar-refractivity contribution in [2.75, 3.05) is 13.6 Å². The topological polar surface area (TPSA) is 62.7 Å². The van der Waals surface area contributed by atoms with Gasteiger partial charge in [0.1, 0.15) is 6.61 Å². The molecule has 0 radical (unpaired) electrons. The molecule has 0 bridgehead atoms. The van der Waals surface area contributed by atoms with Gasteiger partial charge >= 0.3 is 5.97 Å². The van der Waals surface area contributed by atoms with Crippen LogP contribution in [0, 0.1) is 0 Å². The Balaban J connectivity index is 1.90. The Kier molecular flexibility index (Phi) is 7.50. The fourth-order valence-corrected chi connectivity index (χ4v) is 2.26. The molecule has 0 aliphatic rings. The predicted molar refractivity (Wildman–Crippen MR) is 100 cm³/mol. The summed E-state index contributed by atoms with van der Waals surface area (Å²) in [4.78, 5) is 16.4. The van der Waals surface area contributed by atoms with E-state index in [0.717, 1.165) is 30.1 Å². The van der Waals surface area contributed by atoms with Crippen LogP contribution in [0.15, 0.2) is 59.6 Å². The zero-order valence-electron chi connectivity index (χ0n) is 14.8. The van der Waals surface area contributed by atoms with E-state index in [1.165, 1.54) is 0 Å². The van der Waals surface area contributed by atoms with Crippen molar-refractivity contribution < 1.29 is 9.53 Å². The van der Waals surface area contributed by atoms with Crippen LogP contribution >= 0.6 is 0 Å². The largest absolute Gasteiger partial charge is 0.457 e. The summed E-state index contributed by atoms with van der Waals surface area (Å²) < 4.78 is 5.37. The fourth-order valence-electron chi connectivity index (χ4n) is 2.26. The van der Waals surface area contributed by atoms with Gasteiger partial charge in [-0.1, -0.05) is 49.4 Å². The van der Waals surface area contributed by atoms with Crippen LogP contribution in [0.4, 0.5) is 0 Å². The number of hydrogen-bond acceptors (Lipinski definition) is 3. The van der Waals surface area contributed by atoms with Crippen LogP contribution in [-0.2, 0) is 17.9 Å². The highest BCUT2D eigenvalue weighted by atomic mass is 16.5. The Morgan fingerprint density at radius 1 is 1.04 bits per heavy atom. The molecular formula is C20H25N3O2. The van der Waals surface area contributed by atoms with E-state index in [4.69, 9.17) is 4.74 Å². The van der Waals surface area contributed by atoms with Gasteiger partial charge in [0.2, 0.25) is 0 Å². The Morgan fingerprint density at radius 3 is 2.52 bits per heavy atom. The molecule has 0 fully saturated rings. The molecule has 0 amide bonds. The lowest BCUT2D eigenvalue weighted by molar-refractivity contribution is 0.0472. The number of carbonyl (C=O) groups excluding carboxylic acids is 1. The highest BCUT2D eigenvalue weighted by Gasteiger charge is 2.08. The summed E-state index contributed by atoms with van der Waals surface area (Å²) in [6, 6.07) is 17.1. The van der Waals surface area contributed by atoms with Crippen LogP contribution in [0.3, 0.4) is 0 Å². The minimum Gasteiger partial charge on any atom is -0.457 e. The van der Waals surface area contributed by atoms with Gasteiger partial charge in [-0.25, -0.2) is 4.79 Å². The Hall–Kier alpha value is -2.82. The zero-order valence-corrected chi connectivity index (χ0v) is 14.8. The average molecular weight is 339 g/mol. The number of esters is 1. The second-order valence-corrected chi connectivity index (χ2v) is 5.61. The van der Waals surface area contributed by atoms with Gasteiger partial charge in [0.05, 0.1) is 5.56 Å². The van der Waals surface area contributed by atoms with Crippen molar-refractivity contribution in [2.24, 2.45) is 4.99 Å². The minimum atomic E-state index is -0.320. The van der Waals surface area contributed by atoms with E-state index < -0.39 is 0 Å². The first-order valence-electron chi connectivity index (χ1n) is 8.47. The third kappa shape index (κ3) is 6.30. The molecule has 5 heteroatoms. The third-order valence-corrected chi connectivity index (χ3v) is 3.60. The number of rotatable bonds is 7. The highest BCUT2D eigenvalue weighted by Crippen LogP contribution is 2.09. The standard InChI is InChI=1S/C20H25N3O2/c1-3-12-22-20(21-2)23-14-17-10-7-11-18(13-17)19(24)25-15-16-8-5-4-6-9-16/h4-11,13H,3,12,14-15H2,1-2H3,(H2,21,22,23). The molecule has 2 aromatic rings. The molecule has 5 nitrogen and oxygen atoms in total. The molecule has 0 aliphatic heterocycles. The van der Waals surface area contributed by atoms with Gasteiger partial charge in [-0.2, -0.15) is 0 Å². The van der Waals surface area contributed by atoms with E-state index in [0.29, 0.717) is 12.1 Å². The maximum atomic E-state index is 12.2. The number of nitrogens with one attached hydrogen (secondary N) is 2. The SMILES string of the molecule is CCCNC(=NC)NCc1cccc(C(=O)OCc2ccccc2)c1. The molecule has 0 unspecified atom stereocenters. The third-order valence-electron chi connectivity index (χ3n) is 3.60. The Morgan fingerprint density at radius 2 is 1.80 bits per heavy atom. The number of benzene rings is 2. The van der Waals surface area contributed by atoms with Gasteiger partial charge in [0, 0.05) is 20.1 Å². The molecule has 0 saturated heterocycles. The summed E-state index contributed by atoms with van der Waals surface area (Å²) in [5.41, 5.74) is 2.51. The summed E-state index contributed by atoms with van der Waals surface area (Å²) in [5, 5.41) is 6.44. The Labute approximate surface area is 149 Å². The summed E-state index contributed by atoms with van der Waals surface area (Å²) in [7, 11) is 1.74. The maximum absolute atomic E-state index is 12.2. The quantitative estimate of drug-likeness (QED) is 0.462. The molecule has 0 spiro atoms. The molecule has 2 rings (SSSR count). The molecular weight excluding hydrogens is 314 g/mol. The summed E-state index contributed by atoms with van der Waals surface area (Å²) in [6.07, 6.45) is 1.03. The van der Waals surface area contributed by atoms with Gasteiger partial charge in [-0.3, -0.25) is 4.99 Å². The lowest BCUT2D eigenvalue weighted by Crippen LogP contribution is -2.37.